The summed E-state index contributed by atoms with van der Waals surface area (Å²) in [7, 11) is 0. The molecule has 10 heavy (non-hydrogen) atoms. The van der Waals surface area contributed by atoms with E-state index in [1.807, 2.05) is 0 Å². The minimum Gasteiger partial charge on any atom is -0.393 e. The average molecular weight is 162 g/mol. The summed E-state index contributed by atoms with van der Waals surface area (Å²) < 4.78 is 46.0. The molecule has 2 nitrogen and oxygen atoms in total. The number of aliphatic hydroxyl groups excluding tert-OH is 2. The molecule has 0 aromatic carbocycles. The molecule has 0 aliphatic rings. The van der Waals surface area contributed by atoms with Gasteiger partial charge in [0.15, 0.2) is 0 Å². The Balaban J connectivity index is 4.09. The molecule has 0 rings (SSSR count). The zero-order valence-electron chi connectivity index (χ0n) is 4.77. The lowest BCUT2D eigenvalue weighted by molar-refractivity contribution is -0.199. The van der Waals surface area contributed by atoms with Gasteiger partial charge >= 0.3 is 12.3 Å². The van der Waals surface area contributed by atoms with Gasteiger partial charge in [0.1, 0.15) is 6.10 Å². The normalized spacial score (nSPS) is 15.9. The maximum atomic E-state index is 11.8. The van der Waals surface area contributed by atoms with Crippen LogP contribution in [0.2, 0.25) is 0 Å². The van der Waals surface area contributed by atoms with Crippen molar-refractivity contribution in [3.63, 3.8) is 0 Å². The number of hydrogen-bond donors (Lipinski definition) is 2. The van der Waals surface area contributed by atoms with Crippen molar-refractivity contribution in [3.8, 4) is 0 Å². The Morgan fingerprint density at radius 1 is 1.30 bits per heavy atom. The van der Waals surface area contributed by atoms with Gasteiger partial charge in [-0.15, -0.1) is 0 Å². The third-order valence-electron chi connectivity index (χ3n) is 0.908. The quantitative estimate of drug-likeness (QED) is 0.583. The molecule has 0 aliphatic heterocycles. The smallest absolute Gasteiger partial charge is 0.334 e. The molecular weight excluding hydrogens is 156 g/mol. The molecule has 0 aromatic rings. The largest absolute Gasteiger partial charge is 0.393 e. The van der Waals surface area contributed by atoms with Gasteiger partial charge in [-0.2, -0.15) is 8.78 Å². The van der Waals surface area contributed by atoms with E-state index in [1.165, 1.54) is 0 Å². The van der Waals surface area contributed by atoms with Crippen LogP contribution in [0.5, 0.6) is 0 Å². The van der Waals surface area contributed by atoms with Crippen molar-refractivity contribution in [3.05, 3.63) is 0 Å². The van der Waals surface area contributed by atoms with Crippen LogP contribution in [-0.2, 0) is 0 Å². The lowest BCUT2D eigenvalue weighted by Gasteiger charge is -2.18. The second-order valence-corrected chi connectivity index (χ2v) is 1.67. The van der Waals surface area contributed by atoms with Crippen LogP contribution < -0.4 is 0 Å². The molecule has 0 saturated heterocycles. The van der Waals surface area contributed by atoms with E-state index >= 15 is 0 Å². The fourth-order valence-corrected chi connectivity index (χ4v) is 0.267. The molecule has 0 aliphatic carbocycles. The van der Waals surface area contributed by atoms with E-state index in [0.717, 1.165) is 0 Å². The van der Waals surface area contributed by atoms with Crippen LogP contribution in [0.3, 0.4) is 0 Å². The molecule has 62 valence electrons. The Morgan fingerprint density at radius 3 is 1.80 bits per heavy atom. The molecule has 2 N–H and O–H groups in total. The number of aliphatic hydroxyl groups is 2. The van der Waals surface area contributed by atoms with Gasteiger partial charge in [-0.3, -0.25) is 0 Å². The maximum Gasteiger partial charge on any atom is 0.334 e. The van der Waals surface area contributed by atoms with Crippen molar-refractivity contribution >= 4 is 0 Å². The lowest BCUT2D eigenvalue weighted by atomic mass is 10.2. The van der Waals surface area contributed by atoms with Gasteiger partial charge in [-0.25, -0.2) is 8.78 Å². The van der Waals surface area contributed by atoms with E-state index in [9.17, 15) is 17.6 Å². The molecule has 0 amide bonds. The molecule has 0 saturated carbocycles. The first-order chi connectivity index (χ1) is 4.42. The zero-order valence-corrected chi connectivity index (χ0v) is 4.77. The van der Waals surface area contributed by atoms with Crippen molar-refractivity contribution in [1.82, 2.24) is 0 Å². The van der Waals surface area contributed by atoms with Gasteiger partial charge < -0.3 is 10.2 Å². The Labute approximate surface area is 54.1 Å². The van der Waals surface area contributed by atoms with E-state index in [0.29, 0.717) is 0 Å². The first-order valence-corrected chi connectivity index (χ1v) is 2.37. The van der Waals surface area contributed by atoms with Crippen molar-refractivity contribution in [2.24, 2.45) is 0 Å². The number of rotatable bonds is 3. The van der Waals surface area contributed by atoms with E-state index in [2.05, 4.69) is 0 Å². The van der Waals surface area contributed by atoms with Crippen LogP contribution in [0.15, 0.2) is 0 Å². The molecule has 1 atom stereocenters. The van der Waals surface area contributed by atoms with Gasteiger partial charge in [0.05, 0.1) is 6.61 Å². The summed E-state index contributed by atoms with van der Waals surface area (Å²) >= 11 is 0. The summed E-state index contributed by atoms with van der Waals surface area (Å²) in [6, 6.07) is 0. The zero-order chi connectivity index (χ0) is 8.36. The van der Waals surface area contributed by atoms with Crippen LogP contribution in [0, 0.1) is 0 Å². The van der Waals surface area contributed by atoms with Crippen LogP contribution in [0.25, 0.3) is 0 Å². The molecular formula is C4H6F4O2. The lowest BCUT2D eigenvalue weighted by Crippen LogP contribution is -2.42. The summed E-state index contributed by atoms with van der Waals surface area (Å²) in [5.41, 5.74) is 0. The topological polar surface area (TPSA) is 40.5 Å². The fraction of sp³-hybridized carbons (Fsp3) is 1.00. The first kappa shape index (κ1) is 9.64. The van der Waals surface area contributed by atoms with Gasteiger partial charge in [0.25, 0.3) is 0 Å². The number of hydrogen-bond acceptors (Lipinski definition) is 2. The van der Waals surface area contributed by atoms with E-state index < -0.39 is 25.1 Å². The van der Waals surface area contributed by atoms with E-state index in [4.69, 9.17) is 10.2 Å². The van der Waals surface area contributed by atoms with Crippen molar-refractivity contribution in [2.45, 2.75) is 18.5 Å². The predicted molar refractivity (Wildman–Crippen MR) is 24.0 cm³/mol. The molecule has 0 radical (unpaired) electrons. The Bertz CT molecular complexity index is 105. The molecule has 6 heteroatoms. The van der Waals surface area contributed by atoms with Crippen LogP contribution >= 0.6 is 0 Å². The molecule has 1 unspecified atom stereocenters. The van der Waals surface area contributed by atoms with Crippen LogP contribution in [-0.4, -0.2) is 35.3 Å². The molecule has 0 fully saturated rings. The van der Waals surface area contributed by atoms with Crippen LogP contribution in [0.4, 0.5) is 17.6 Å². The van der Waals surface area contributed by atoms with E-state index in [1.54, 1.807) is 0 Å². The highest BCUT2D eigenvalue weighted by molar-refractivity contribution is 4.77. The molecule has 0 aromatic heterocycles. The second-order valence-electron chi connectivity index (χ2n) is 1.67. The first-order valence-electron chi connectivity index (χ1n) is 2.37. The number of halogens is 4. The Morgan fingerprint density at radius 2 is 1.70 bits per heavy atom. The Hall–Kier alpha value is -0.360. The van der Waals surface area contributed by atoms with Crippen molar-refractivity contribution in [2.75, 3.05) is 6.61 Å². The maximum absolute atomic E-state index is 11.8. The third-order valence-corrected chi connectivity index (χ3v) is 0.908. The monoisotopic (exact) mass is 162 g/mol. The average Bonchev–Trinajstić information content (AvgIpc) is 1.86. The summed E-state index contributed by atoms with van der Waals surface area (Å²) in [6.45, 7) is -1.38. The fourth-order valence-electron chi connectivity index (χ4n) is 0.267. The highest BCUT2D eigenvalue weighted by atomic mass is 19.3. The van der Waals surface area contributed by atoms with E-state index in [-0.39, 0.29) is 0 Å². The predicted octanol–water partition coefficient (Wildman–Crippen LogP) is 0.240. The van der Waals surface area contributed by atoms with Crippen molar-refractivity contribution in [1.29, 1.82) is 0 Å². The SMILES string of the molecule is OCC(O)C(F)(F)C(F)F. The molecule has 0 heterocycles. The molecule has 0 bridgehead atoms. The van der Waals surface area contributed by atoms with Gasteiger partial charge in [-0.05, 0) is 0 Å². The minimum atomic E-state index is -4.52. The standard InChI is InChI=1S/C4H6F4O2/c5-3(6)4(7,8)2(10)1-9/h2-3,9-10H,1H2. The summed E-state index contributed by atoms with van der Waals surface area (Å²) in [5, 5.41) is 15.9. The number of alkyl halides is 4. The molecule has 0 spiro atoms. The summed E-state index contributed by atoms with van der Waals surface area (Å²) in [4.78, 5) is 0. The minimum absolute atomic E-state index is 1.38. The highest BCUT2D eigenvalue weighted by Gasteiger charge is 2.47. The van der Waals surface area contributed by atoms with Gasteiger partial charge in [-0.1, -0.05) is 0 Å². The van der Waals surface area contributed by atoms with Crippen LogP contribution in [0.1, 0.15) is 0 Å². The second kappa shape index (κ2) is 3.16. The summed E-state index contributed by atoms with van der Waals surface area (Å²) in [5.74, 6) is -4.52. The van der Waals surface area contributed by atoms with Crippen molar-refractivity contribution < 1.29 is 27.8 Å². The van der Waals surface area contributed by atoms with Gasteiger partial charge in [0.2, 0.25) is 0 Å². The van der Waals surface area contributed by atoms with Gasteiger partial charge in [0, 0.05) is 0 Å². The highest BCUT2D eigenvalue weighted by Crippen LogP contribution is 2.26. The Kier molecular flexibility index (Phi) is 3.04. The third kappa shape index (κ3) is 1.81. The summed E-state index contributed by atoms with van der Waals surface area (Å²) in [6.07, 6.45) is -6.64.